The second-order valence-electron chi connectivity index (χ2n) is 5.28. The SMILES string of the molecule is Cc1c(C(=O)NCCc2coc(-c3ccccc3)n2)cnn1C. The lowest BCUT2D eigenvalue weighted by Gasteiger charge is -2.03. The third-order valence-corrected chi connectivity index (χ3v) is 3.72. The van der Waals surface area contributed by atoms with E-state index in [-0.39, 0.29) is 5.91 Å². The van der Waals surface area contributed by atoms with Gasteiger partial charge in [0.15, 0.2) is 0 Å². The first-order chi connectivity index (χ1) is 11.1. The molecule has 1 amide bonds. The van der Waals surface area contributed by atoms with Gasteiger partial charge >= 0.3 is 0 Å². The molecule has 2 aromatic heterocycles. The summed E-state index contributed by atoms with van der Waals surface area (Å²) in [5.74, 6) is 0.470. The largest absolute Gasteiger partial charge is 0.444 e. The number of aromatic nitrogens is 3. The molecule has 1 aromatic carbocycles. The van der Waals surface area contributed by atoms with Gasteiger partial charge in [-0.2, -0.15) is 5.10 Å². The first kappa shape index (κ1) is 15.0. The summed E-state index contributed by atoms with van der Waals surface area (Å²) in [5, 5.41) is 6.95. The van der Waals surface area contributed by atoms with Crippen molar-refractivity contribution in [3.63, 3.8) is 0 Å². The third-order valence-electron chi connectivity index (χ3n) is 3.72. The number of carbonyl (C=O) groups is 1. The van der Waals surface area contributed by atoms with Crippen LogP contribution in [-0.4, -0.2) is 27.2 Å². The minimum atomic E-state index is -0.123. The predicted octanol–water partition coefficient (Wildman–Crippen LogP) is 2.36. The number of hydrogen-bond acceptors (Lipinski definition) is 4. The van der Waals surface area contributed by atoms with E-state index in [1.165, 1.54) is 0 Å². The molecule has 6 heteroatoms. The number of rotatable bonds is 5. The lowest BCUT2D eigenvalue weighted by atomic mass is 10.2. The van der Waals surface area contributed by atoms with E-state index >= 15 is 0 Å². The zero-order valence-electron chi connectivity index (χ0n) is 13.1. The Hall–Kier alpha value is -2.89. The van der Waals surface area contributed by atoms with Gasteiger partial charge in [0.1, 0.15) is 6.26 Å². The van der Waals surface area contributed by atoms with Crippen LogP contribution in [-0.2, 0) is 13.5 Å². The maximum Gasteiger partial charge on any atom is 0.254 e. The van der Waals surface area contributed by atoms with E-state index in [0.29, 0.717) is 24.4 Å². The summed E-state index contributed by atoms with van der Waals surface area (Å²) < 4.78 is 7.16. The van der Waals surface area contributed by atoms with Crippen LogP contribution < -0.4 is 5.32 Å². The highest BCUT2D eigenvalue weighted by molar-refractivity contribution is 5.94. The monoisotopic (exact) mass is 310 g/mol. The molecule has 0 radical (unpaired) electrons. The zero-order chi connectivity index (χ0) is 16.2. The van der Waals surface area contributed by atoms with Gasteiger partial charge < -0.3 is 9.73 Å². The molecule has 2 heterocycles. The average molecular weight is 310 g/mol. The van der Waals surface area contributed by atoms with E-state index in [2.05, 4.69) is 15.4 Å². The van der Waals surface area contributed by atoms with Crippen LogP contribution in [0.25, 0.3) is 11.5 Å². The number of aryl methyl sites for hydroxylation is 1. The molecular formula is C17H18N4O2. The van der Waals surface area contributed by atoms with E-state index in [1.54, 1.807) is 17.1 Å². The highest BCUT2D eigenvalue weighted by Crippen LogP contribution is 2.17. The Labute approximate surface area is 134 Å². The summed E-state index contributed by atoms with van der Waals surface area (Å²) in [6.07, 6.45) is 3.82. The number of benzene rings is 1. The first-order valence-corrected chi connectivity index (χ1v) is 7.42. The number of oxazole rings is 1. The highest BCUT2D eigenvalue weighted by Gasteiger charge is 2.12. The summed E-state index contributed by atoms with van der Waals surface area (Å²) in [6.45, 7) is 2.36. The molecular weight excluding hydrogens is 292 g/mol. The molecule has 0 aliphatic heterocycles. The third kappa shape index (κ3) is 3.31. The summed E-state index contributed by atoms with van der Waals surface area (Å²) in [4.78, 5) is 16.5. The van der Waals surface area contributed by atoms with Gasteiger partial charge in [-0.3, -0.25) is 9.48 Å². The zero-order valence-corrected chi connectivity index (χ0v) is 13.1. The Morgan fingerprint density at radius 3 is 2.78 bits per heavy atom. The molecule has 3 rings (SSSR count). The first-order valence-electron chi connectivity index (χ1n) is 7.42. The van der Waals surface area contributed by atoms with Crippen LogP contribution in [0, 0.1) is 6.92 Å². The van der Waals surface area contributed by atoms with Crippen LogP contribution in [0.5, 0.6) is 0 Å². The Bertz CT molecular complexity index is 805. The molecule has 1 N–H and O–H groups in total. The molecule has 0 saturated carbocycles. The van der Waals surface area contributed by atoms with Crippen molar-refractivity contribution in [3.05, 3.63) is 59.7 Å². The molecule has 0 bridgehead atoms. The lowest BCUT2D eigenvalue weighted by Crippen LogP contribution is -2.26. The van der Waals surface area contributed by atoms with Gasteiger partial charge in [-0.15, -0.1) is 0 Å². The molecule has 0 unspecified atom stereocenters. The maximum atomic E-state index is 12.1. The fourth-order valence-corrected chi connectivity index (χ4v) is 2.26. The second-order valence-corrected chi connectivity index (χ2v) is 5.28. The molecule has 0 saturated heterocycles. The lowest BCUT2D eigenvalue weighted by molar-refractivity contribution is 0.0953. The topological polar surface area (TPSA) is 73.0 Å². The molecule has 23 heavy (non-hydrogen) atoms. The van der Waals surface area contributed by atoms with Gasteiger partial charge in [0.2, 0.25) is 5.89 Å². The van der Waals surface area contributed by atoms with E-state index in [9.17, 15) is 4.79 Å². The van der Waals surface area contributed by atoms with Crippen LogP contribution in [0.1, 0.15) is 21.7 Å². The van der Waals surface area contributed by atoms with E-state index in [0.717, 1.165) is 17.0 Å². The summed E-state index contributed by atoms with van der Waals surface area (Å²) in [5.41, 5.74) is 3.19. The van der Waals surface area contributed by atoms with Crippen molar-refractivity contribution in [1.82, 2.24) is 20.1 Å². The average Bonchev–Trinajstić information content (AvgIpc) is 3.16. The van der Waals surface area contributed by atoms with Crippen LogP contribution in [0.3, 0.4) is 0 Å². The molecule has 6 nitrogen and oxygen atoms in total. The van der Waals surface area contributed by atoms with Crippen LogP contribution in [0.4, 0.5) is 0 Å². The summed E-state index contributed by atoms with van der Waals surface area (Å²) in [7, 11) is 1.81. The second kappa shape index (κ2) is 6.48. The Kier molecular flexibility index (Phi) is 4.23. The summed E-state index contributed by atoms with van der Waals surface area (Å²) >= 11 is 0. The quantitative estimate of drug-likeness (QED) is 0.785. The maximum absolute atomic E-state index is 12.1. The van der Waals surface area contributed by atoms with Crippen molar-refractivity contribution in [2.75, 3.05) is 6.54 Å². The molecule has 0 spiro atoms. The fraction of sp³-hybridized carbons (Fsp3) is 0.235. The van der Waals surface area contributed by atoms with E-state index in [4.69, 9.17) is 4.42 Å². The van der Waals surface area contributed by atoms with Crippen molar-refractivity contribution in [2.24, 2.45) is 7.05 Å². The van der Waals surface area contributed by atoms with E-state index < -0.39 is 0 Å². The number of nitrogens with zero attached hydrogens (tertiary/aromatic N) is 3. The highest BCUT2D eigenvalue weighted by atomic mass is 16.3. The van der Waals surface area contributed by atoms with Crippen molar-refractivity contribution in [1.29, 1.82) is 0 Å². The molecule has 0 atom stereocenters. The van der Waals surface area contributed by atoms with Crippen LogP contribution in [0.15, 0.2) is 47.2 Å². The predicted molar refractivity (Wildman–Crippen MR) is 85.9 cm³/mol. The smallest absolute Gasteiger partial charge is 0.254 e. The molecule has 0 aliphatic rings. The minimum absolute atomic E-state index is 0.123. The molecule has 0 aliphatic carbocycles. The number of nitrogens with one attached hydrogen (secondary N) is 1. The molecule has 118 valence electrons. The van der Waals surface area contributed by atoms with Crippen molar-refractivity contribution < 1.29 is 9.21 Å². The number of carbonyl (C=O) groups excluding carboxylic acids is 1. The fourth-order valence-electron chi connectivity index (χ4n) is 2.26. The van der Waals surface area contributed by atoms with Crippen LogP contribution >= 0.6 is 0 Å². The molecule has 0 fully saturated rings. The van der Waals surface area contributed by atoms with Crippen molar-refractivity contribution >= 4 is 5.91 Å². The Morgan fingerprint density at radius 2 is 2.09 bits per heavy atom. The minimum Gasteiger partial charge on any atom is -0.444 e. The molecule has 3 aromatic rings. The number of amides is 1. The van der Waals surface area contributed by atoms with Gasteiger partial charge in [0.25, 0.3) is 5.91 Å². The summed E-state index contributed by atoms with van der Waals surface area (Å²) in [6, 6.07) is 9.72. The van der Waals surface area contributed by atoms with Crippen molar-refractivity contribution in [2.45, 2.75) is 13.3 Å². The van der Waals surface area contributed by atoms with Gasteiger partial charge in [-0.1, -0.05) is 18.2 Å². The Balaban J connectivity index is 1.56. The van der Waals surface area contributed by atoms with Gasteiger partial charge in [-0.05, 0) is 19.1 Å². The van der Waals surface area contributed by atoms with Gasteiger partial charge in [0.05, 0.1) is 17.5 Å². The van der Waals surface area contributed by atoms with Crippen LogP contribution in [0.2, 0.25) is 0 Å². The van der Waals surface area contributed by atoms with Gasteiger partial charge in [-0.25, -0.2) is 4.98 Å². The normalized spacial score (nSPS) is 10.7. The van der Waals surface area contributed by atoms with E-state index in [1.807, 2.05) is 44.3 Å². The standard InChI is InChI=1S/C17H18N4O2/c1-12-15(10-19-21(12)2)16(22)18-9-8-14-11-23-17(20-14)13-6-4-3-5-7-13/h3-7,10-11H,8-9H2,1-2H3,(H,18,22). The Morgan fingerprint density at radius 1 is 1.30 bits per heavy atom. The van der Waals surface area contributed by atoms with Crippen molar-refractivity contribution in [3.8, 4) is 11.5 Å². The number of hydrogen-bond donors (Lipinski definition) is 1. The van der Waals surface area contributed by atoms with Gasteiger partial charge in [0, 0.05) is 31.3 Å².